The fourth-order valence-electron chi connectivity index (χ4n) is 3.95. The number of amides is 1. The third-order valence-electron chi connectivity index (χ3n) is 5.49. The van der Waals surface area contributed by atoms with Crippen LogP contribution in [0, 0.1) is 5.92 Å². The van der Waals surface area contributed by atoms with Crippen LogP contribution in [0.5, 0.6) is 0 Å². The minimum absolute atomic E-state index is 0.0457. The Balaban J connectivity index is 1.93. The largest absolute Gasteiger partial charge is 0.481 e. The van der Waals surface area contributed by atoms with Crippen molar-refractivity contribution in [3.8, 4) is 0 Å². The van der Waals surface area contributed by atoms with Gasteiger partial charge < -0.3 is 14.7 Å². The second-order valence-electron chi connectivity index (χ2n) is 6.67. The summed E-state index contributed by atoms with van der Waals surface area (Å²) in [6, 6.07) is 7.61. The molecule has 0 saturated carbocycles. The summed E-state index contributed by atoms with van der Waals surface area (Å²) in [4.78, 5) is 26.6. The molecule has 0 spiro atoms. The standard InChI is InChI=1S/C18H22BrNO4/c1-12-15(16(21)22)6-9-20(12)17(23)18(7-10-24-11-8-18)13-2-4-14(19)5-3-13/h2-5,12,15H,6-11H2,1H3,(H,21,22). The molecule has 6 heteroatoms. The monoisotopic (exact) mass is 395 g/mol. The Morgan fingerprint density at radius 3 is 2.42 bits per heavy atom. The van der Waals surface area contributed by atoms with Gasteiger partial charge in [-0.05, 0) is 43.9 Å². The molecule has 3 rings (SSSR count). The number of rotatable bonds is 3. The van der Waals surface area contributed by atoms with Crippen LogP contribution >= 0.6 is 15.9 Å². The van der Waals surface area contributed by atoms with E-state index in [-0.39, 0.29) is 11.9 Å². The molecule has 2 aliphatic rings. The van der Waals surface area contributed by atoms with Crippen molar-refractivity contribution in [1.82, 2.24) is 4.90 Å². The summed E-state index contributed by atoms with van der Waals surface area (Å²) in [7, 11) is 0. The molecule has 0 aliphatic carbocycles. The van der Waals surface area contributed by atoms with E-state index in [1.807, 2.05) is 31.2 Å². The number of ether oxygens (including phenoxy) is 1. The number of hydrogen-bond donors (Lipinski definition) is 1. The molecule has 0 aromatic heterocycles. The highest BCUT2D eigenvalue weighted by Gasteiger charge is 2.48. The second kappa shape index (κ2) is 6.84. The molecule has 2 saturated heterocycles. The molecule has 1 aromatic rings. The van der Waals surface area contributed by atoms with Crippen LogP contribution in [0.25, 0.3) is 0 Å². The Hall–Kier alpha value is -1.40. The molecule has 130 valence electrons. The lowest BCUT2D eigenvalue weighted by Crippen LogP contribution is -2.51. The first kappa shape index (κ1) is 17.4. The van der Waals surface area contributed by atoms with Crippen LogP contribution in [0.2, 0.25) is 0 Å². The molecule has 2 fully saturated rings. The minimum atomic E-state index is -0.817. The molecule has 0 bridgehead atoms. The molecule has 1 aromatic carbocycles. The molecular formula is C18H22BrNO4. The number of hydrogen-bond acceptors (Lipinski definition) is 3. The third kappa shape index (κ3) is 2.97. The number of carboxylic acids is 1. The fourth-order valence-corrected chi connectivity index (χ4v) is 4.21. The SMILES string of the molecule is CC1C(C(=O)O)CCN1C(=O)C1(c2ccc(Br)cc2)CCOCC1. The highest BCUT2D eigenvalue weighted by molar-refractivity contribution is 9.10. The highest BCUT2D eigenvalue weighted by Crippen LogP contribution is 2.39. The summed E-state index contributed by atoms with van der Waals surface area (Å²) in [6.07, 6.45) is 1.79. The van der Waals surface area contributed by atoms with Gasteiger partial charge in [-0.1, -0.05) is 28.1 Å². The lowest BCUT2D eigenvalue weighted by molar-refractivity contribution is -0.145. The first-order valence-corrected chi connectivity index (χ1v) is 9.13. The zero-order valence-corrected chi connectivity index (χ0v) is 15.3. The molecule has 2 unspecified atom stereocenters. The van der Waals surface area contributed by atoms with Crippen molar-refractivity contribution in [2.75, 3.05) is 19.8 Å². The topological polar surface area (TPSA) is 66.8 Å². The summed E-state index contributed by atoms with van der Waals surface area (Å²) in [5.41, 5.74) is 0.380. The number of carboxylic acid groups (broad SMARTS) is 1. The lowest BCUT2D eigenvalue weighted by Gasteiger charge is -2.40. The molecule has 1 N–H and O–H groups in total. The second-order valence-corrected chi connectivity index (χ2v) is 7.59. The molecule has 24 heavy (non-hydrogen) atoms. The average molecular weight is 396 g/mol. The highest BCUT2D eigenvalue weighted by atomic mass is 79.9. The van der Waals surface area contributed by atoms with Crippen molar-refractivity contribution in [3.63, 3.8) is 0 Å². The Morgan fingerprint density at radius 1 is 1.25 bits per heavy atom. The zero-order valence-electron chi connectivity index (χ0n) is 13.7. The van der Waals surface area contributed by atoms with Crippen LogP contribution in [-0.4, -0.2) is 47.7 Å². The number of benzene rings is 1. The Bertz CT molecular complexity index is 624. The van der Waals surface area contributed by atoms with Crippen molar-refractivity contribution in [3.05, 3.63) is 34.3 Å². The first-order valence-electron chi connectivity index (χ1n) is 8.33. The van der Waals surface area contributed by atoms with Gasteiger partial charge in [-0.2, -0.15) is 0 Å². The van der Waals surface area contributed by atoms with E-state index >= 15 is 0 Å². The van der Waals surface area contributed by atoms with Gasteiger partial charge in [0.05, 0.1) is 11.3 Å². The molecule has 2 atom stereocenters. The zero-order chi connectivity index (χ0) is 17.3. The maximum atomic E-state index is 13.5. The number of carbonyl (C=O) groups is 2. The molecule has 5 nitrogen and oxygen atoms in total. The van der Waals surface area contributed by atoms with E-state index in [9.17, 15) is 14.7 Å². The number of halogens is 1. The maximum absolute atomic E-state index is 13.5. The van der Waals surface area contributed by atoms with Gasteiger partial charge in [-0.3, -0.25) is 9.59 Å². The summed E-state index contributed by atoms with van der Waals surface area (Å²) >= 11 is 3.44. The van der Waals surface area contributed by atoms with E-state index in [0.29, 0.717) is 39.0 Å². The van der Waals surface area contributed by atoms with Gasteiger partial charge in [0.1, 0.15) is 0 Å². The van der Waals surface area contributed by atoms with Crippen molar-refractivity contribution in [1.29, 1.82) is 0 Å². The van der Waals surface area contributed by atoms with Crippen molar-refractivity contribution in [2.45, 2.75) is 37.6 Å². The lowest BCUT2D eigenvalue weighted by atomic mass is 9.73. The molecular weight excluding hydrogens is 374 g/mol. The van der Waals surface area contributed by atoms with Gasteiger partial charge in [0.25, 0.3) is 0 Å². The van der Waals surface area contributed by atoms with E-state index in [2.05, 4.69) is 15.9 Å². The van der Waals surface area contributed by atoms with Crippen LogP contribution in [0.15, 0.2) is 28.7 Å². The summed E-state index contributed by atoms with van der Waals surface area (Å²) < 4.78 is 6.47. The molecule has 2 heterocycles. The van der Waals surface area contributed by atoms with Crippen LogP contribution in [0.4, 0.5) is 0 Å². The predicted molar refractivity (Wildman–Crippen MR) is 92.8 cm³/mol. The average Bonchev–Trinajstić information content (AvgIpc) is 2.97. The maximum Gasteiger partial charge on any atom is 0.308 e. The van der Waals surface area contributed by atoms with Gasteiger partial charge in [-0.25, -0.2) is 0 Å². The van der Waals surface area contributed by atoms with Gasteiger partial charge in [-0.15, -0.1) is 0 Å². The summed E-state index contributed by atoms with van der Waals surface area (Å²) in [5, 5.41) is 9.34. The van der Waals surface area contributed by atoms with Gasteiger partial charge in [0, 0.05) is 30.3 Å². The number of carbonyl (C=O) groups excluding carboxylic acids is 1. The number of aliphatic carboxylic acids is 1. The van der Waals surface area contributed by atoms with Crippen molar-refractivity contribution >= 4 is 27.8 Å². The van der Waals surface area contributed by atoms with Gasteiger partial charge >= 0.3 is 5.97 Å². The van der Waals surface area contributed by atoms with E-state index in [4.69, 9.17) is 4.74 Å². The predicted octanol–water partition coefficient (Wildman–Crippen LogP) is 2.82. The van der Waals surface area contributed by atoms with Crippen LogP contribution in [0.3, 0.4) is 0 Å². The van der Waals surface area contributed by atoms with Crippen molar-refractivity contribution in [2.24, 2.45) is 5.92 Å². The Kier molecular flexibility index (Phi) is 4.97. The number of likely N-dealkylation sites (tertiary alicyclic amines) is 1. The van der Waals surface area contributed by atoms with Gasteiger partial charge in [0.2, 0.25) is 5.91 Å². The summed E-state index contributed by atoms with van der Waals surface area (Å²) in [5.74, 6) is -1.25. The smallest absolute Gasteiger partial charge is 0.308 e. The van der Waals surface area contributed by atoms with Crippen LogP contribution < -0.4 is 0 Å². The first-order chi connectivity index (χ1) is 11.5. The Morgan fingerprint density at radius 2 is 1.88 bits per heavy atom. The van der Waals surface area contributed by atoms with E-state index in [1.54, 1.807) is 4.90 Å². The summed E-state index contributed by atoms with van der Waals surface area (Å²) in [6.45, 7) is 3.45. The minimum Gasteiger partial charge on any atom is -0.481 e. The fraction of sp³-hybridized carbons (Fsp3) is 0.556. The van der Waals surface area contributed by atoms with Crippen molar-refractivity contribution < 1.29 is 19.4 Å². The molecule has 2 aliphatic heterocycles. The van der Waals surface area contributed by atoms with Crippen LogP contribution in [-0.2, 0) is 19.7 Å². The number of nitrogens with zero attached hydrogens (tertiary/aromatic N) is 1. The van der Waals surface area contributed by atoms with Crippen LogP contribution in [0.1, 0.15) is 31.7 Å². The Labute approximate surface area is 150 Å². The molecule has 0 radical (unpaired) electrons. The van der Waals surface area contributed by atoms with Gasteiger partial charge in [0.15, 0.2) is 0 Å². The van der Waals surface area contributed by atoms with E-state index in [1.165, 1.54) is 0 Å². The third-order valence-corrected chi connectivity index (χ3v) is 6.01. The quantitative estimate of drug-likeness (QED) is 0.854. The normalized spacial score (nSPS) is 26.3. The van der Waals surface area contributed by atoms with E-state index < -0.39 is 17.3 Å². The van der Waals surface area contributed by atoms with E-state index in [0.717, 1.165) is 10.0 Å². The molecule has 1 amide bonds.